The molecule has 0 aliphatic rings. The summed E-state index contributed by atoms with van der Waals surface area (Å²) in [4.78, 5) is 19.5. The molecule has 0 fully saturated rings. The Hall–Kier alpha value is -2.86. The van der Waals surface area contributed by atoms with Crippen LogP contribution in [0.5, 0.6) is 5.75 Å². The minimum atomic E-state index is -0.158. The Labute approximate surface area is 161 Å². The van der Waals surface area contributed by atoms with Crippen molar-refractivity contribution in [3.63, 3.8) is 0 Å². The van der Waals surface area contributed by atoms with Crippen LogP contribution in [0.4, 0.5) is 0 Å². The lowest BCUT2D eigenvalue weighted by Gasteiger charge is -2.22. The lowest BCUT2D eigenvalue weighted by atomic mass is 10.1. The molecule has 27 heavy (non-hydrogen) atoms. The molecule has 1 amide bonds. The van der Waals surface area contributed by atoms with Gasteiger partial charge >= 0.3 is 0 Å². The van der Waals surface area contributed by atoms with E-state index < -0.39 is 0 Å². The highest BCUT2D eigenvalue weighted by Crippen LogP contribution is 2.32. The fourth-order valence-corrected chi connectivity index (χ4v) is 4.16. The quantitative estimate of drug-likeness (QED) is 0.489. The molecule has 0 N–H and O–H groups in total. The van der Waals surface area contributed by atoms with Crippen LogP contribution in [0.2, 0.25) is 0 Å². The number of benzene rings is 2. The van der Waals surface area contributed by atoms with E-state index in [0.29, 0.717) is 11.3 Å². The van der Waals surface area contributed by atoms with Crippen LogP contribution in [0.1, 0.15) is 34.1 Å². The molecular formula is C21H20N2O3S. The van der Waals surface area contributed by atoms with Crippen molar-refractivity contribution < 1.29 is 13.9 Å². The molecule has 2 heterocycles. The van der Waals surface area contributed by atoms with Crippen LogP contribution in [-0.4, -0.2) is 29.9 Å². The monoisotopic (exact) mass is 380 g/mol. The number of nitrogens with zero attached hydrogens (tertiary/aromatic N) is 2. The molecule has 1 atom stereocenters. The van der Waals surface area contributed by atoms with Crippen LogP contribution in [0.3, 0.4) is 0 Å². The van der Waals surface area contributed by atoms with Crippen molar-refractivity contribution >= 4 is 38.4 Å². The van der Waals surface area contributed by atoms with Gasteiger partial charge < -0.3 is 14.1 Å². The third-order valence-electron chi connectivity index (χ3n) is 4.91. The lowest BCUT2D eigenvalue weighted by molar-refractivity contribution is 0.0711. The number of aryl methyl sites for hydroxylation is 1. The molecule has 2 aromatic carbocycles. The van der Waals surface area contributed by atoms with Crippen LogP contribution in [0, 0.1) is 6.92 Å². The molecule has 0 bridgehead atoms. The molecule has 6 heteroatoms. The fraction of sp³-hybridized carbons (Fsp3) is 0.238. The van der Waals surface area contributed by atoms with Gasteiger partial charge in [0.25, 0.3) is 5.91 Å². The normalized spacial score (nSPS) is 12.4. The first kappa shape index (κ1) is 17.5. The molecule has 0 aliphatic carbocycles. The molecule has 5 nitrogen and oxygen atoms in total. The van der Waals surface area contributed by atoms with Crippen LogP contribution in [0.15, 0.2) is 46.9 Å². The Kier molecular flexibility index (Phi) is 4.36. The molecule has 4 aromatic rings. The number of ether oxygens (including phenoxy) is 1. The van der Waals surface area contributed by atoms with Crippen molar-refractivity contribution in [1.82, 2.24) is 9.88 Å². The first-order valence-corrected chi connectivity index (χ1v) is 9.51. The van der Waals surface area contributed by atoms with Crippen LogP contribution >= 0.6 is 11.3 Å². The Balaban J connectivity index is 1.67. The van der Waals surface area contributed by atoms with Gasteiger partial charge in [-0.3, -0.25) is 4.79 Å². The number of hydrogen-bond acceptors (Lipinski definition) is 5. The summed E-state index contributed by atoms with van der Waals surface area (Å²) in [5.41, 5.74) is 2.45. The Morgan fingerprint density at radius 2 is 2.04 bits per heavy atom. The van der Waals surface area contributed by atoms with Crippen molar-refractivity contribution in [3.05, 3.63) is 58.8 Å². The highest BCUT2D eigenvalue weighted by atomic mass is 32.1. The number of rotatable bonds is 4. The predicted molar refractivity (Wildman–Crippen MR) is 108 cm³/mol. The van der Waals surface area contributed by atoms with E-state index in [1.807, 2.05) is 56.3 Å². The topological polar surface area (TPSA) is 55.6 Å². The molecule has 4 rings (SSSR count). The van der Waals surface area contributed by atoms with Crippen molar-refractivity contribution in [2.24, 2.45) is 0 Å². The Morgan fingerprint density at radius 1 is 1.26 bits per heavy atom. The molecule has 0 saturated carbocycles. The first-order chi connectivity index (χ1) is 13.0. The van der Waals surface area contributed by atoms with Crippen molar-refractivity contribution in [1.29, 1.82) is 0 Å². The van der Waals surface area contributed by atoms with E-state index in [0.717, 1.165) is 31.9 Å². The molecule has 0 aliphatic heterocycles. The molecule has 0 radical (unpaired) electrons. The number of methoxy groups -OCH3 is 1. The molecular weight excluding hydrogens is 360 g/mol. The highest BCUT2D eigenvalue weighted by molar-refractivity contribution is 7.18. The SMILES string of the molecule is COc1ccc2oc(C(=O)N(C)[C@@H](C)c3nc4ccccc4s3)c(C)c2c1. The predicted octanol–water partition coefficient (Wildman–Crippen LogP) is 5.19. The van der Waals surface area contributed by atoms with E-state index in [-0.39, 0.29) is 11.9 Å². The first-order valence-electron chi connectivity index (χ1n) is 8.69. The number of carbonyl (C=O) groups excluding carboxylic acids is 1. The summed E-state index contributed by atoms with van der Waals surface area (Å²) in [6, 6.07) is 13.4. The van der Waals surface area contributed by atoms with Gasteiger partial charge in [0.2, 0.25) is 0 Å². The summed E-state index contributed by atoms with van der Waals surface area (Å²) >= 11 is 1.61. The van der Waals surface area contributed by atoms with Crippen LogP contribution in [0.25, 0.3) is 21.2 Å². The van der Waals surface area contributed by atoms with Gasteiger partial charge in [-0.2, -0.15) is 0 Å². The highest BCUT2D eigenvalue weighted by Gasteiger charge is 2.26. The summed E-state index contributed by atoms with van der Waals surface area (Å²) in [7, 11) is 3.41. The average Bonchev–Trinajstić information content (AvgIpc) is 3.27. The maximum Gasteiger partial charge on any atom is 0.290 e. The molecule has 2 aromatic heterocycles. The standard InChI is InChI=1S/C21H20N2O3S/c1-12-15-11-14(25-4)9-10-17(15)26-19(12)21(24)23(3)13(2)20-22-16-7-5-6-8-18(16)27-20/h5-11,13H,1-4H3/t13-/m0/s1. The van der Waals surface area contributed by atoms with Crippen molar-refractivity contribution in [2.75, 3.05) is 14.2 Å². The molecule has 0 spiro atoms. The van der Waals surface area contributed by atoms with E-state index in [1.165, 1.54) is 0 Å². The molecule has 0 saturated heterocycles. The molecule has 0 unspecified atom stereocenters. The summed E-state index contributed by atoms with van der Waals surface area (Å²) in [5, 5.41) is 1.79. The maximum absolute atomic E-state index is 13.1. The number of aromatic nitrogens is 1. The summed E-state index contributed by atoms with van der Waals surface area (Å²) < 4.78 is 12.3. The number of hydrogen-bond donors (Lipinski definition) is 0. The second-order valence-electron chi connectivity index (χ2n) is 6.53. The number of thiazole rings is 1. The zero-order valence-corrected chi connectivity index (χ0v) is 16.5. The van der Waals surface area contributed by atoms with Gasteiger partial charge in [-0.25, -0.2) is 4.98 Å². The maximum atomic E-state index is 13.1. The van der Waals surface area contributed by atoms with Gasteiger partial charge in [-0.15, -0.1) is 11.3 Å². The lowest BCUT2D eigenvalue weighted by Crippen LogP contribution is -2.29. The fourth-order valence-electron chi connectivity index (χ4n) is 3.10. The largest absolute Gasteiger partial charge is 0.497 e. The second kappa shape index (κ2) is 6.70. The van der Waals surface area contributed by atoms with Crippen molar-refractivity contribution in [2.45, 2.75) is 19.9 Å². The zero-order valence-electron chi connectivity index (χ0n) is 15.6. The third-order valence-corrected chi connectivity index (χ3v) is 6.11. The third kappa shape index (κ3) is 2.96. The van der Waals surface area contributed by atoms with E-state index in [2.05, 4.69) is 4.98 Å². The van der Waals surface area contributed by atoms with E-state index in [4.69, 9.17) is 9.15 Å². The van der Waals surface area contributed by atoms with Crippen LogP contribution in [-0.2, 0) is 0 Å². The summed E-state index contributed by atoms with van der Waals surface area (Å²) in [6.45, 7) is 3.88. The van der Waals surface area contributed by atoms with Crippen LogP contribution < -0.4 is 4.74 Å². The average molecular weight is 380 g/mol. The van der Waals surface area contributed by atoms with E-state index in [1.54, 1.807) is 30.4 Å². The molecule has 138 valence electrons. The van der Waals surface area contributed by atoms with E-state index in [9.17, 15) is 4.79 Å². The number of carbonyl (C=O) groups is 1. The second-order valence-corrected chi connectivity index (χ2v) is 7.59. The van der Waals surface area contributed by atoms with E-state index >= 15 is 0 Å². The van der Waals surface area contributed by atoms with Gasteiger partial charge in [-0.1, -0.05) is 12.1 Å². The van der Waals surface area contributed by atoms with Gasteiger partial charge in [0, 0.05) is 18.0 Å². The number of furan rings is 1. The van der Waals surface area contributed by atoms with Crippen molar-refractivity contribution in [3.8, 4) is 5.75 Å². The smallest absolute Gasteiger partial charge is 0.290 e. The minimum absolute atomic E-state index is 0.156. The summed E-state index contributed by atoms with van der Waals surface area (Å²) in [6.07, 6.45) is 0. The van der Waals surface area contributed by atoms with Gasteiger partial charge in [0.1, 0.15) is 16.3 Å². The Bertz CT molecular complexity index is 1110. The number of para-hydroxylation sites is 1. The number of amides is 1. The van der Waals surface area contributed by atoms with Gasteiger partial charge in [0.15, 0.2) is 5.76 Å². The zero-order chi connectivity index (χ0) is 19.1. The van der Waals surface area contributed by atoms with Gasteiger partial charge in [0.05, 0.1) is 23.4 Å². The summed E-state index contributed by atoms with van der Waals surface area (Å²) in [5.74, 6) is 0.935. The van der Waals surface area contributed by atoms with Gasteiger partial charge in [-0.05, 0) is 44.2 Å². The minimum Gasteiger partial charge on any atom is -0.497 e. The Morgan fingerprint density at radius 3 is 2.78 bits per heavy atom. The number of fused-ring (bicyclic) bond motifs is 2.